The Morgan fingerprint density at radius 2 is 2.05 bits per heavy atom. The molecular formula is C13H17ClN6. The smallest absolute Gasteiger partial charge is 0.231 e. The van der Waals surface area contributed by atoms with Crippen molar-refractivity contribution in [3.63, 3.8) is 0 Å². The normalized spacial score (nSPS) is 10.3. The first-order chi connectivity index (χ1) is 9.72. The molecule has 2 aromatic rings. The number of hydrogen-bond donors (Lipinski definition) is 1. The minimum absolute atomic E-state index is 0.186. The monoisotopic (exact) mass is 292 g/mol. The second-order valence-electron chi connectivity index (χ2n) is 4.09. The lowest BCUT2D eigenvalue weighted by Gasteiger charge is -2.20. The molecule has 0 unspecified atom stereocenters. The third-order valence-electron chi connectivity index (χ3n) is 2.67. The van der Waals surface area contributed by atoms with Crippen LogP contribution in [0.15, 0.2) is 24.4 Å². The highest BCUT2D eigenvalue weighted by Crippen LogP contribution is 2.15. The summed E-state index contributed by atoms with van der Waals surface area (Å²) < 4.78 is 0. The van der Waals surface area contributed by atoms with Gasteiger partial charge in [0.1, 0.15) is 0 Å². The van der Waals surface area contributed by atoms with Gasteiger partial charge in [-0.05, 0) is 37.6 Å². The minimum Gasteiger partial charge on any atom is -0.354 e. The number of pyridine rings is 1. The predicted octanol–water partition coefficient (Wildman–Crippen LogP) is 2.38. The molecule has 0 atom stereocenters. The van der Waals surface area contributed by atoms with Gasteiger partial charge in [-0.3, -0.25) is 4.98 Å². The molecule has 0 aliphatic carbocycles. The van der Waals surface area contributed by atoms with E-state index in [0.29, 0.717) is 18.4 Å². The van der Waals surface area contributed by atoms with Crippen molar-refractivity contribution in [1.29, 1.82) is 0 Å². The predicted molar refractivity (Wildman–Crippen MR) is 80.0 cm³/mol. The van der Waals surface area contributed by atoms with Crippen LogP contribution in [0.4, 0.5) is 11.9 Å². The summed E-state index contributed by atoms with van der Waals surface area (Å²) in [4.78, 5) is 18.9. The van der Waals surface area contributed by atoms with Crippen LogP contribution in [0.1, 0.15) is 19.5 Å². The number of rotatable bonds is 6. The molecule has 0 aliphatic rings. The number of nitrogens with one attached hydrogen (secondary N) is 1. The Morgan fingerprint density at radius 3 is 2.70 bits per heavy atom. The summed E-state index contributed by atoms with van der Waals surface area (Å²) >= 11 is 5.95. The van der Waals surface area contributed by atoms with Crippen LogP contribution in [0.5, 0.6) is 0 Å². The molecule has 0 aliphatic heterocycles. The van der Waals surface area contributed by atoms with E-state index in [0.717, 1.165) is 18.8 Å². The Kier molecular flexibility index (Phi) is 5.06. The molecule has 106 valence electrons. The SMILES string of the molecule is CCNc1nc(Cl)nc(N(CC)Cc2ccccn2)n1. The second kappa shape index (κ2) is 7.00. The zero-order valence-electron chi connectivity index (χ0n) is 11.5. The molecule has 2 rings (SSSR count). The molecular weight excluding hydrogens is 276 g/mol. The number of anilines is 2. The van der Waals surface area contributed by atoms with E-state index in [1.54, 1.807) is 6.20 Å². The van der Waals surface area contributed by atoms with E-state index >= 15 is 0 Å². The Balaban J connectivity index is 2.22. The molecule has 0 bridgehead atoms. The summed E-state index contributed by atoms with van der Waals surface area (Å²) in [6.45, 7) is 6.12. The summed E-state index contributed by atoms with van der Waals surface area (Å²) in [7, 11) is 0. The van der Waals surface area contributed by atoms with Crippen molar-refractivity contribution >= 4 is 23.5 Å². The first-order valence-corrected chi connectivity index (χ1v) is 6.91. The van der Waals surface area contributed by atoms with E-state index in [1.165, 1.54) is 0 Å². The highest BCUT2D eigenvalue weighted by molar-refractivity contribution is 6.28. The van der Waals surface area contributed by atoms with Crippen molar-refractivity contribution in [1.82, 2.24) is 19.9 Å². The van der Waals surface area contributed by atoms with Crippen LogP contribution >= 0.6 is 11.6 Å². The number of nitrogens with zero attached hydrogens (tertiary/aromatic N) is 5. The molecule has 2 aromatic heterocycles. The van der Waals surface area contributed by atoms with Gasteiger partial charge in [-0.25, -0.2) is 0 Å². The average molecular weight is 293 g/mol. The van der Waals surface area contributed by atoms with Gasteiger partial charge in [-0.2, -0.15) is 15.0 Å². The van der Waals surface area contributed by atoms with Gasteiger partial charge < -0.3 is 10.2 Å². The lowest BCUT2D eigenvalue weighted by atomic mass is 10.3. The maximum atomic E-state index is 5.95. The Morgan fingerprint density at radius 1 is 1.20 bits per heavy atom. The molecule has 6 nitrogen and oxygen atoms in total. The van der Waals surface area contributed by atoms with E-state index in [9.17, 15) is 0 Å². The Labute approximate surface area is 123 Å². The van der Waals surface area contributed by atoms with Gasteiger partial charge >= 0.3 is 0 Å². The summed E-state index contributed by atoms with van der Waals surface area (Å²) in [5, 5.41) is 3.23. The topological polar surface area (TPSA) is 66.8 Å². The molecule has 2 heterocycles. The van der Waals surface area contributed by atoms with Crippen molar-refractivity contribution < 1.29 is 0 Å². The van der Waals surface area contributed by atoms with Crippen LogP contribution in [-0.2, 0) is 6.54 Å². The number of hydrogen-bond acceptors (Lipinski definition) is 6. The zero-order chi connectivity index (χ0) is 14.4. The summed E-state index contributed by atoms with van der Waals surface area (Å²) in [5.74, 6) is 1.04. The minimum atomic E-state index is 0.186. The molecule has 0 saturated heterocycles. The van der Waals surface area contributed by atoms with Gasteiger partial charge in [0.2, 0.25) is 17.2 Å². The highest BCUT2D eigenvalue weighted by Gasteiger charge is 2.12. The largest absolute Gasteiger partial charge is 0.354 e. The zero-order valence-corrected chi connectivity index (χ0v) is 12.3. The molecule has 0 spiro atoms. The summed E-state index contributed by atoms with van der Waals surface area (Å²) in [6.07, 6.45) is 1.77. The molecule has 1 N–H and O–H groups in total. The molecule has 0 saturated carbocycles. The van der Waals surface area contributed by atoms with Crippen LogP contribution in [0, 0.1) is 0 Å². The quantitative estimate of drug-likeness (QED) is 0.882. The molecule has 7 heteroatoms. The van der Waals surface area contributed by atoms with E-state index in [2.05, 4.69) is 25.3 Å². The van der Waals surface area contributed by atoms with Crippen LogP contribution in [0.25, 0.3) is 0 Å². The van der Waals surface area contributed by atoms with Gasteiger partial charge in [0, 0.05) is 19.3 Å². The Hall–Kier alpha value is -1.95. The van der Waals surface area contributed by atoms with E-state index in [-0.39, 0.29) is 5.28 Å². The van der Waals surface area contributed by atoms with Gasteiger partial charge in [0.15, 0.2) is 0 Å². The number of aromatic nitrogens is 4. The van der Waals surface area contributed by atoms with Crippen LogP contribution < -0.4 is 10.2 Å². The standard InChI is InChI=1S/C13H17ClN6/c1-3-15-12-17-11(14)18-13(19-12)20(4-2)9-10-7-5-6-8-16-10/h5-8H,3-4,9H2,1-2H3,(H,15,17,18,19). The van der Waals surface area contributed by atoms with E-state index in [1.807, 2.05) is 36.9 Å². The number of halogens is 1. The first kappa shape index (κ1) is 14.5. The molecule has 0 aromatic carbocycles. The fraction of sp³-hybridized carbons (Fsp3) is 0.385. The van der Waals surface area contributed by atoms with Gasteiger partial charge in [-0.15, -0.1) is 0 Å². The highest BCUT2D eigenvalue weighted by atomic mass is 35.5. The maximum absolute atomic E-state index is 5.95. The van der Waals surface area contributed by atoms with Crippen molar-refractivity contribution in [3.05, 3.63) is 35.4 Å². The lowest BCUT2D eigenvalue weighted by molar-refractivity contribution is 0.768. The van der Waals surface area contributed by atoms with Crippen LogP contribution in [0.3, 0.4) is 0 Å². The fourth-order valence-electron chi connectivity index (χ4n) is 1.73. The third kappa shape index (κ3) is 3.77. The van der Waals surface area contributed by atoms with Gasteiger partial charge in [0.25, 0.3) is 0 Å². The van der Waals surface area contributed by atoms with Crippen molar-refractivity contribution in [2.75, 3.05) is 23.3 Å². The average Bonchev–Trinajstić information content (AvgIpc) is 2.45. The first-order valence-electron chi connectivity index (χ1n) is 6.53. The molecule has 0 fully saturated rings. The molecule has 0 radical (unpaired) electrons. The molecule has 20 heavy (non-hydrogen) atoms. The maximum Gasteiger partial charge on any atom is 0.231 e. The van der Waals surface area contributed by atoms with E-state index in [4.69, 9.17) is 11.6 Å². The summed E-state index contributed by atoms with van der Waals surface area (Å²) in [5.41, 5.74) is 0.955. The van der Waals surface area contributed by atoms with Crippen LogP contribution in [-0.4, -0.2) is 33.0 Å². The van der Waals surface area contributed by atoms with E-state index < -0.39 is 0 Å². The van der Waals surface area contributed by atoms with Crippen molar-refractivity contribution in [2.24, 2.45) is 0 Å². The summed E-state index contributed by atoms with van der Waals surface area (Å²) in [6, 6.07) is 5.82. The molecule has 0 amide bonds. The third-order valence-corrected chi connectivity index (χ3v) is 2.84. The van der Waals surface area contributed by atoms with Gasteiger partial charge in [-0.1, -0.05) is 6.07 Å². The second-order valence-corrected chi connectivity index (χ2v) is 4.43. The lowest BCUT2D eigenvalue weighted by Crippen LogP contribution is -2.25. The van der Waals surface area contributed by atoms with Gasteiger partial charge in [0.05, 0.1) is 12.2 Å². The Bertz CT molecular complexity index is 548. The van der Waals surface area contributed by atoms with Crippen molar-refractivity contribution in [3.8, 4) is 0 Å². The fourth-order valence-corrected chi connectivity index (χ4v) is 1.89. The van der Waals surface area contributed by atoms with Crippen molar-refractivity contribution in [2.45, 2.75) is 20.4 Å². The van der Waals surface area contributed by atoms with Crippen LogP contribution in [0.2, 0.25) is 5.28 Å².